The molecule has 3 rings (SSSR count). The van der Waals surface area contributed by atoms with Crippen molar-refractivity contribution in [2.45, 2.75) is 96.4 Å². The van der Waals surface area contributed by atoms with Crippen molar-refractivity contribution in [3.8, 4) is 0 Å². The molecule has 10 nitrogen and oxygen atoms in total. The molecule has 3 aliphatic rings. The summed E-state index contributed by atoms with van der Waals surface area (Å²) in [5.41, 5.74) is 3.68. The van der Waals surface area contributed by atoms with Crippen LogP contribution in [0.2, 0.25) is 6.32 Å². The molecule has 0 radical (unpaired) electrons. The number of fused-ring (bicyclic) bond motifs is 1. The van der Waals surface area contributed by atoms with Crippen molar-refractivity contribution in [3.05, 3.63) is 0 Å². The van der Waals surface area contributed by atoms with E-state index in [2.05, 4.69) is 5.32 Å². The molecule has 3 fully saturated rings. The largest absolute Gasteiger partial charge is 0.480 e. The number of nitrogens with two attached hydrogens (primary N) is 1. The van der Waals surface area contributed by atoms with Crippen LogP contribution in [0, 0.1) is 17.8 Å². The fraction of sp³-hybridized carbons (Fsp3) is 0.875. The van der Waals surface area contributed by atoms with Gasteiger partial charge >= 0.3 is 19.2 Å². The first kappa shape index (κ1) is 27.7. The normalized spacial score (nSPS) is 31.4. The molecule has 0 bridgehead atoms. The Balaban J connectivity index is 1.57. The lowest BCUT2D eigenvalue weighted by Gasteiger charge is -2.32. The van der Waals surface area contributed by atoms with Gasteiger partial charge in [0.2, 0.25) is 5.91 Å². The standard InChI is InChI=1S/C24H42BN3O7/c1-21(2,3)33-20(32)27-12-18(29)28-13-15-11-24(26,19(30)31)17(16(15)14-28)9-8-10-25-34-22(4,5)23(6,7)35-25/h15-17H,8-14,26H2,1-7H3,(H,27,32)(H,30,31)/t15-,16+,17?,24-/m0/s1. The molecule has 0 aromatic carbocycles. The minimum Gasteiger partial charge on any atom is -0.480 e. The van der Waals surface area contributed by atoms with Gasteiger partial charge in [-0.3, -0.25) is 9.59 Å². The van der Waals surface area contributed by atoms with Crippen LogP contribution in [-0.4, -0.2) is 77.1 Å². The van der Waals surface area contributed by atoms with Gasteiger partial charge in [-0.15, -0.1) is 0 Å². The third-order valence-corrected chi connectivity index (χ3v) is 8.06. The van der Waals surface area contributed by atoms with E-state index in [4.69, 9.17) is 19.8 Å². The highest BCUT2D eigenvalue weighted by Gasteiger charge is 2.58. The average molecular weight is 495 g/mol. The molecule has 198 valence electrons. The monoisotopic (exact) mass is 495 g/mol. The number of hydrogen-bond donors (Lipinski definition) is 3. The smallest absolute Gasteiger partial charge is 0.457 e. The highest BCUT2D eigenvalue weighted by Crippen LogP contribution is 2.49. The molecule has 11 heteroatoms. The van der Waals surface area contributed by atoms with Gasteiger partial charge in [-0.1, -0.05) is 6.42 Å². The van der Waals surface area contributed by atoms with E-state index in [1.807, 2.05) is 27.7 Å². The van der Waals surface area contributed by atoms with Gasteiger partial charge in [0.1, 0.15) is 17.7 Å². The van der Waals surface area contributed by atoms with E-state index in [9.17, 15) is 19.5 Å². The Morgan fingerprint density at radius 1 is 1.14 bits per heavy atom. The van der Waals surface area contributed by atoms with Gasteiger partial charge in [-0.05, 0) is 85.4 Å². The summed E-state index contributed by atoms with van der Waals surface area (Å²) in [5, 5.41) is 12.5. The van der Waals surface area contributed by atoms with Crippen LogP contribution in [-0.2, 0) is 23.6 Å². The molecular weight excluding hydrogens is 453 g/mol. The van der Waals surface area contributed by atoms with Gasteiger partial charge in [-0.25, -0.2) is 4.79 Å². The number of likely N-dealkylation sites (tertiary alicyclic amines) is 1. The van der Waals surface area contributed by atoms with E-state index in [0.717, 1.165) is 0 Å². The molecule has 4 N–H and O–H groups in total. The van der Waals surface area contributed by atoms with Crippen molar-refractivity contribution in [3.63, 3.8) is 0 Å². The van der Waals surface area contributed by atoms with Crippen LogP contribution in [0.4, 0.5) is 4.79 Å². The van der Waals surface area contributed by atoms with Gasteiger partial charge in [0.15, 0.2) is 0 Å². The van der Waals surface area contributed by atoms with Crippen LogP contribution < -0.4 is 11.1 Å². The van der Waals surface area contributed by atoms with Crippen LogP contribution in [0.1, 0.15) is 67.7 Å². The lowest BCUT2D eigenvalue weighted by Crippen LogP contribution is -2.53. The lowest BCUT2D eigenvalue weighted by molar-refractivity contribution is -0.145. The zero-order valence-electron chi connectivity index (χ0n) is 22.2. The first-order chi connectivity index (χ1) is 15.9. The molecule has 2 amide bonds. The third-order valence-electron chi connectivity index (χ3n) is 8.06. The summed E-state index contributed by atoms with van der Waals surface area (Å²) in [6, 6.07) is 0. The number of rotatable bonds is 7. The first-order valence-corrected chi connectivity index (χ1v) is 12.6. The minimum absolute atomic E-state index is 0.000117. The summed E-state index contributed by atoms with van der Waals surface area (Å²) >= 11 is 0. The van der Waals surface area contributed by atoms with Crippen molar-refractivity contribution in [2.24, 2.45) is 23.5 Å². The van der Waals surface area contributed by atoms with Gasteiger partial charge < -0.3 is 35.1 Å². The summed E-state index contributed by atoms with van der Waals surface area (Å²) in [5.74, 6) is -1.44. The number of hydrogen-bond acceptors (Lipinski definition) is 7. The maximum Gasteiger partial charge on any atom is 0.457 e. The Labute approximate surface area is 208 Å². The van der Waals surface area contributed by atoms with E-state index >= 15 is 0 Å². The number of nitrogens with one attached hydrogen (secondary N) is 1. The zero-order chi connectivity index (χ0) is 26.4. The number of aliphatic carboxylic acids is 1. The van der Waals surface area contributed by atoms with E-state index in [0.29, 0.717) is 38.7 Å². The Morgan fingerprint density at radius 3 is 2.29 bits per heavy atom. The molecule has 2 heterocycles. The predicted molar refractivity (Wildman–Crippen MR) is 131 cm³/mol. The van der Waals surface area contributed by atoms with Gasteiger partial charge in [0.25, 0.3) is 0 Å². The molecule has 0 spiro atoms. The molecule has 35 heavy (non-hydrogen) atoms. The molecule has 1 saturated carbocycles. The summed E-state index contributed by atoms with van der Waals surface area (Å²) in [4.78, 5) is 38.5. The average Bonchev–Trinajstić information content (AvgIpc) is 3.27. The molecule has 4 atom stereocenters. The van der Waals surface area contributed by atoms with Crippen LogP contribution in [0.5, 0.6) is 0 Å². The molecule has 2 saturated heterocycles. The predicted octanol–water partition coefficient (Wildman–Crippen LogP) is 2.26. The maximum absolute atomic E-state index is 12.7. The molecule has 0 aromatic heterocycles. The zero-order valence-corrected chi connectivity index (χ0v) is 22.2. The Bertz CT molecular complexity index is 827. The SMILES string of the molecule is CC(C)(C)OC(=O)NCC(=O)N1C[C@@H]2C[C@@](N)(C(=O)O)C(CCCB3OC(C)(C)C(C)(C)O3)[C@@H]2C1. The highest BCUT2D eigenvalue weighted by molar-refractivity contribution is 6.45. The summed E-state index contributed by atoms with van der Waals surface area (Å²) in [6.45, 7) is 14.0. The Kier molecular flexibility index (Phi) is 7.57. The Morgan fingerprint density at radius 2 is 1.74 bits per heavy atom. The number of carbonyl (C=O) groups excluding carboxylic acids is 2. The van der Waals surface area contributed by atoms with Crippen LogP contribution in [0.25, 0.3) is 0 Å². The van der Waals surface area contributed by atoms with E-state index in [-0.39, 0.29) is 37.3 Å². The third kappa shape index (κ3) is 5.94. The van der Waals surface area contributed by atoms with Crippen molar-refractivity contribution in [2.75, 3.05) is 19.6 Å². The molecular formula is C24H42BN3O7. The number of amides is 2. The van der Waals surface area contributed by atoms with Crippen molar-refractivity contribution in [1.82, 2.24) is 10.2 Å². The van der Waals surface area contributed by atoms with E-state index in [1.54, 1.807) is 25.7 Å². The first-order valence-electron chi connectivity index (χ1n) is 12.6. The van der Waals surface area contributed by atoms with Gasteiger partial charge in [0, 0.05) is 13.1 Å². The number of alkyl carbamates (subject to hydrolysis) is 1. The van der Waals surface area contributed by atoms with Crippen LogP contribution in [0.15, 0.2) is 0 Å². The molecule has 1 unspecified atom stereocenters. The van der Waals surface area contributed by atoms with E-state index in [1.165, 1.54) is 0 Å². The fourth-order valence-electron chi connectivity index (χ4n) is 5.62. The quantitative estimate of drug-likeness (QED) is 0.457. The molecule has 0 aromatic rings. The van der Waals surface area contributed by atoms with Crippen LogP contribution in [0.3, 0.4) is 0 Å². The second-order valence-electron chi connectivity index (χ2n) is 12.4. The van der Waals surface area contributed by atoms with Crippen molar-refractivity contribution < 1.29 is 33.5 Å². The summed E-state index contributed by atoms with van der Waals surface area (Å²) < 4.78 is 17.3. The summed E-state index contributed by atoms with van der Waals surface area (Å²) in [7, 11) is -0.338. The van der Waals surface area contributed by atoms with Gasteiger partial charge in [-0.2, -0.15) is 0 Å². The second-order valence-corrected chi connectivity index (χ2v) is 12.4. The molecule has 1 aliphatic carbocycles. The second kappa shape index (κ2) is 9.55. The number of ether oxygens (including phenoxy) is 1. The fourth-order valence-corrected chi connectivity index (χ4v) is 5.62. The van der Waals surface area contributed by atoms with Crippen LogP contribution >= 0.6 is 0 Å². The number of carboxylic acids is 1. The van der Waals surface area contributed by atoms with Crippen molar-refractivity contribution in [1.29, 1.82) is 0 Å². The lowest BCUT2D eigenvalue weighted by atomic mass is 9.75. The van der Waals surface area contributed by atoms with E-state index < -0.39 is 34.4 Å². The number of carboxylic acid groups (broad SMARTS) is 1. The Hall–Kier alpha value is -1.85. The number of carbonyl (C=O) groups is 3. The highest BCUT2D eigenvalue weighted by atomic mass is 16.7. The minimum atomic E-state index is -1.31. The summed E-state index contributed by atoms with van der Waals surface area (Å²) in [6.07, 6.45) is 1.67. The van der Waals surface area contributed by atoms with Gasteiger partial charge in [0.05, 0.1) is 11.2 Å². The van der Waals surface area contributed by atoms with Crippen molar-refractivity contribution >= 4 is 25.1 Å². The topological polar surface area (TPSA) is 140 Å². The molecule has 2 aliphatic heterocycles. The number of nitrogens with zero attached hydrogens (tertiary/aromatic N) is 1. The maximum atomic E-state index is 12.7.